The molecule has 4 N–H and O–H groups in total. The van der Waals surface area contributed by atoms with Gasteiger partial charge >= 0.3 is 5.97 Å². The van der Waals surface area contributed by atoms with Crippen molar-refractivity contribution in [3.05, 3.63) is 84.1 Å². The molecule has 0 aliphatic carbocycles. The number of cyclic esters (lactones) is 1. The van der Waals surface area contributed by atoms with Gasteiger partial charge in [-0.25, -0.2) is 0 Å². The number of hydrogen-bond donors (Lipinski definition) is 4. The van der Waals surface area contributed by atoms with Crippen molar-refractivity contribution in [1.29, 1.82) is 0 Å². The summed E-state index contributed by atoms with van der Waals surface area (Å²) in [6.45, 7) is -0.147. The van der Waals surface area contributed by atoms with Gasteiger partial charge in [0.2, 0.25) is 11.8 Å². The summed E-state index contributed by atoms with van der Waals surface area (Å²) in [5.41, 5.74) is 3.01. The highest BCUT2D eigenvalue weighted by Gasteiger charge is 2.26. The predicted molar refractivity (Wildman–Crippen MR) is 145 cm³/mol. The normalized spacial score (nSPS) is 19.6. The average molecular weight is 518 g/mol. The first-order valence-electron chi connectivity index (χ1n) is 13.1. The first-order chi connectivity index (χ1) is 18.5. The number of aromatic amines is 1. The molecule has 200 valence electrons. The number of allylic oxidation sites excluding steroid dienone is 2. The topological polar surface area (TPSA) is 121 Å². The molecule has 4 rings (SSSR count). The van der Waals surface area contributed by atoms with E-state index in [2.05, 4.69) is 15.6 Å². The molecule has 1 aliphatic heterocycles. The Hall–Kier alpha value is -3.91. The molecular formula is C30H35N3O5. The number of aromatic nitrogens is 1. The molecule has 1 aliphatic rings. The number of carbonyl (C=O) groups excluding carboxylic acids is 3. The molecule has 8 heteroatoms. The fourth-order valence-electron chi connectivity index (χ4n) is 4.74. The zero-order valence-corrected chi connectivity index (χ0v) is 21.4. The fraction of sp³-hybridized carbons (Fsp3) is 0.367. The number of esters is 1. The Kier molecular flexibility index (Phi) is 9.70. The molecule has 3 aromatic rings. The van der Waals surface area contributed by atoms with E-state index in [4.69, 9.17) is 4.74 Å². The minimum atomic E-state index is -0.595. The molecule has 0 saturated heterocycles. The molecule has 0 fully saturated rings. The van der Waals surface area contributed by atoms with Crippen LogP contribution in [-0.2, 0) is 32.0 Å². The van der Waals surface area contributed by atoms with Crippen molar-refractivity contribution >= 4 is 28.7 Å². The Balaban J connectivity index is 1.44. The quantitative estimate of drug-likeness (QED) is 0.270. The second-order valence-corrected chi connectivity index (χ2v) is 9.74. The van der Waals surface area contributed by atoms with Crippen molar-refractivity contribution in [2.45, 2.75) is 50.6 Å². The highest BCUT2D eigenvalue weighted by atomic mass is 16.5. The van der Waals surface area contributed by atoms with E-state index in [1.165, 1.54) is 0 Å². The molecule has 8 nitrogen and oxygen atoms in total. The lowest BCUT2D eigenvalue weighted by atomic mass is 9.97. The van der Waals surface area contributed by atoms with Crippen LogP contribution in [0.2, 0.25) is 0 Å². The number of nitrogens with one attached hydrogen (secondary N) is 3. The van der Waals surface area contributed by atoms with Crippen LogP contribution in [0.25, 0.3) is 10.9 Å². The van der Waals surface area contributed by atoms with Gasteiger partial charge < -0.3 is 25.5 Å². The van der Waals surface area contributed by atoms with Crippen LogP contribution in [0.1, 0.15) is 36.8 Å². The van der Waals surface area contributed by atoms with E-state index < -0.39 is 18.0 Å². The van der Waals surface area contributed by atoms with E-state index in [9.17, 15) is 19.5 Å². The molecule has 2 aromatic carbocycles. The maximum atomic E-state index is 13.4. The molecule has 38 heavy (non-hydrogen) atoms. The van der Waals surface area contributed by atoms with Gasteiger partial charge in [0.1, 0.15) is 6.61 Å². The van der Waals surface area contributed by atoms with Crippen LogP contribution in [0.3, 0.4) is 0 Å². The van der Waals surface area contributed by atoms with Gasteiger partial charge in [0.05, 0.1) is 24.6 Å². The van der Waals surface area contributed by atoms with Crippen molar-refractivity contribution in [3.63, 3.8) is 0 Å². The molecule has 2 amide bonds. The van der Waals surface area contributed by atoms with Crippen molar-refractivity contribution in [2.24, 2.45) is 5.92 Å². The number of benzene rings is 2. The van der Waals surface area contributed by atoms with Gasteiger partial charge in [-0.05, 0) is 42.9 Å². The predicted octanol–water partition coefficient (Wildman–Crippen LogP) is 3.20. The van der Waals surface area contributed by atoms with Gasteiger partial charge in [-0.2, -0.15) is 0 Å². The fourth-order valence-corrected chi connectivity index (χ4v) is 4.74. The van der Waals surface area contributed by atoms with Gasteiger partial charge in [0, 0.05) is 29.9 Å². The van der Waals surface area contributed by atoms with Gasteiger partial charge in [-0.15, -0.1) is 0 Å². The number of hydrogen-bond acceptors (Lipinski definition) is 5. The van der Waals surface area contributed by atoms with Gasteiger partial charge in [0.15, 0.2) is 0 Å². The number of carbonyl (C=O) groups is 3. The van der Waals surface area contributed by atoms with E-state index >= 15 is 0 Å². The first kappa shape index (κ1) is 27.1. The summed E-state index contributed by atoms with van der Waals surface area (Å²) >= 11 is 0. The third kappa shape index (κ3) is 7.79. The van der Waals surface area contributed by atoms with Crippen molar-refractivity contribution < 1.29 is 24.2 Å². The highest BCUT2D eigenvalue weighted by Crippen LogP contribution is 2.20. The number of ether oxygens (including phenoxy) is 1. The van der Waals surface area contributed by atoms with E-state index in [0.29, 0.717) is 25.7 Å². The standard InChI is InChI=1S/C30H35N3O5/c34-19-24(15-21-9-3-1-4-10-21)32-28(35)17-22-11-5-2-6-14-29(36)38-20-25(33-30(22)37)16-23-18-31-27-13-8-7-12-26(23)27/h1-5,7-10,12-13,18,22,24-25,31,34H,6,11,14-17,19-20H2,(H,32,35)(H,33,37)/t22-,24+,25+/m1/s1. The zero-order chi connectivity index (χ0) is 26.7. The Bertz CT molecular complexity index is 1250. The monoisotopic (exact) mass is 517 g/mol. The molecule has 0 radical (unpaired) electrons. The summed E-state index contributed by atoms with van der Waals surface area (Å²) in [4.78, 5) is 41.7. The molecule has 0 bridgehead atoms. The smallest absolute Gasteiger partial charge is 0.306 e. The van der Waals surface area contributed by atoms with E-state index in [-0.39, 0.29) is 43.8 Å². The van der Waals surface area contributed by atoms with Gasteiger partial charge in [0.25, 0.3) is 0 Å². The number of amides is 2. The largest absolute Gasteiger partial charge is 0.463 e. The number of aliphatic hydroxyl groups is 1. The second kappa shape index (κ2) is 13.6. The van der Waals surface area contributed by atoms with Crippen LogP contribution in [0.5, 0.6) is 0 Å². The van der Waals surface area contributed by atoms with Crippen LogP contribution in [0.15, 0.2) is 72.9 Å². The number of para-hydroxylation sites is 1. The van der Waals surface area contributed by atoms with Crippen LogP contribution < -0.4 is 10.6 Å². The zero-order valence-electron chi connectivity index (χ0n) is 21.4. The highest BCUT2D eigenvalue weighted by molar-refractivity contribution is 5.87. The molecule has 2 heterocycles. The number of aliphatic hydroxyl groups excluding tert-OH is 1. The molecule has 0 saturated carbocycles. The summed E-state index contributed by atoms with van der Waals surface area (Å²) in [7, 11) is 0. The van der Waals surface area contributed by atoms with Crippen LogP contribution >= 0.6 is 0 Å². The number of H-pyrrole nitrogens is 1. The summed E-state index contributed by atoms with van der Waals surface area (Å²) in [6.07, 6.45) is 7.69. The number of rotatable bonds is 8. The second-order valence-electron chi connectivity index (χ2n) is 9.74. The summed E-state index contributed by atoms with van der Waals surface area (Å²) in [5.74, 6) is -1.46. The third-order valence-electron chi connectivity index (χ3n) is 6.75. The SMILES string of the molecule is O=C(C[C@H]1CC=CCCC(=O)OC[C@H](Cc2c[nH]c3ccccc23)NC1=O)N[C@H](CO)Cc1ccccc1. The van der Waals surface area contributed by atoms with E-state index in [1.54, 1.807) is 0 Å². The molecule has 1 aromatic heterocycles. The van der Waals surface area contributed by atoms with Crippen LogP contribution in [-0.4, -0.2) is 53.2 Å². The van der Waals surface area contributed by atoms with Crippen LogP contribution in [0.4, 0.5) is 0 Å². The van der Waals surface area contributed by atoms with Crippen molar-refractivity contribution in [3.8, 4) is 0 Å². The van der Waals surface area contributed by atoms with E-state index in [0.717, 1.165) is 22.0 Å². The van der Waals surface area contributed by atoms with Gasteiger partial charge in [-0.3, -0.25) is 14.4 Å². The summed E-state index contributed by atoms with van der Waals surface area (Å²) in [6, 6.07) is 16.6. The average Bonchev–Trinajstić information content (AvgIpc) is 3.33. The van der Waals surface area contributed by atoms with Crippen molar-refractivity contribution in [2.75, 3.05) is 13.2 Å². The summed E-state index contributed by atoms with van der Waals surface area (Å²) < 4.78 is 5.47. The first-order valence-corrected chi connectivity index (χ1v) is 13.1. The van der Waals surface area contributed by atoms with Gasteiger partial charge in [-0.1, -0.05) is 60.7 Å². The molecular weight excluding hydrogens is 482 g/mol. The molecule has 0 spiro atoms. The Morgan fingerprint density at radius 2 is 1.87 bits per heavy atom. The Morgan fingerprint density at radius 1 is 1.08 bits per heavy atom. The lowest BCUT2D eigenvalue weighted by Crippen LogP contribution is -2.45. The Morgan fingerprint density at radius 3 is 2.68 bits per heavy atom. The van der Waals surface area contributed by atoms with E-state index in [1.807, 2.05) is 72.9 Å². The minimum absolute atomic E-state index is 0.0128. The number of fused-ring (bicyclic) bond motifs is 1. The Labute approximate surface area is 222 Å². The molecule has 0 unspecified atom stereocenters. The third-order valence-corrected chi connectivity index (χ3v) is 6.75. The molecule has 3 atom stereocenters. The van der Waals surface area contributed by atoms with Crippen molar-refractivity contribution in [1.82, 2.24) is 15.6 Å². The minimum Gasteiger partial charge on any atom is -0.463 e. The lowest BCUT2D eigenvalue weighted by Gasteiger charge is -2.23. The van der Waals surface area contributed by atoms with Crippen LogP contribution in [0, 0.1) is 5.92 Å². The maximum Gasteiger partial charge on any atom is 0.306 e. The summed E-state index contributed by atoms with van der Waals surface area (Å²) in [5, 5.41) is 16.8. The maximum absolute atomic E-state index is 13.4. The lowest BCUT2D eigenvalue weighted by molar-refractivity contribution is -0.145.